The molecule has 0 bridgehead atoms. The van der Waals surface area contributed by atoms with Crippen molar-refractivity contribution in [3.05, 3.63) is 29.8 Å². The molecule has 0 spiro atoms. The van der Waals surface area contributed by atoms with Crippen molar-refractivity contribution >= 4 is 11.7 Å². The second kappa shape index (κ2) is 6.75. The van der Waals surface area contributed by atoms with Gasteiger partial charge in [-0.2, -0.15) is 0 Å². The van der Waals surface area contributed by atoms with Gasteiger partial charge in [0, 0.05) is 17.6 Å². The number of esters is 1. The predicted molar refractivity (Wildman–Crippen MR) is 78.9 cm³/mol. The molecular formula is C16H23NO3. The van der Waals surface area contributed by atoms with Crippen molar-refractivity contribution in [1.29, 1.82) is 0 Å². The summed E-state index contributed by atoms with van der Waals surface area (Å²) < 4.78 is 4.72. The Hall–Kier alpha value is -1.55. The topological polar surface area (TPSA) is 58.6 Å². The van der Waals surface area contributed by atoms with Crippen LogP contribution in [0.4, 0.5) is 5.69 Å². The normalized spacial score (nSPS) is 17.5. The van der Waals surface area contributed by atoms with Gasteiger partial charge in [-0.15, -0.1) is 0 Å². The Morgan fingerprint density at radius 3 is 2.75 bits per heavy atom. The Balaban J connectivity index is 2.01. The zero-order valence-electron chi connectivity index (χ0n) is 12.0. The summed E-state index contributed by atoms with van der Waals surface area (Å²) in [6.07, 6.45) is 5.76. The Morgan fingerprint density at radius 2 is 2.10 bits per heavy atom. The smallest absolute Gasteiger partial charge is 0.337 e. The number of aliphatic hydroxyl groups is 1. The minimum Gasteiger partial charge on any atom is -0.465 e. The van der Waals surface area contributed by atoms with Gasteiger partial charge in [0.1, 0.15) is 0 Å². The average Bonchev–Trinajstić information content (AvgIpc) is 2.53. The summed E-state index contributed by atoms with van der Waals surface area (Å²) in [6.45, 7) is 0.963. The van der Waals surface area contributed by atoms with Gasteiger partial charge in [0.15, 0.2) is 0 Å². The van der Waals surface area contributed by atoms with Crippen LogP contribution in [-0.4, -0.2) is 31.3 Å². The molecular weight excluding hydrogens is 254 g/mol. The monoisotopic (exact) mass is 277 g/mol. The maximum absolute atomic E-state index is 11.5. The summed E-state index contributed by atoms with van der Waals surface area (Å²) in [5, 5.41) is 13.0. The van der Waals surface area contributed by atoms with Gasteiger partial charge in [-0.05, 0) is 31.0 Å². The third-order valence-electron chi connectivity index (χ3n) is 4.20. The zero-order valence-corrected chi connectivity index (χ0v) is 12.0. The molecule has 20 heavy (non-hydrogen) atoms. The first-order valence-corrected chi connectivity index (χ1v) is 7.22. The lowest BCUT2D eigenvalue weighted by atomic mass is 9.74. The van der Waals surface area contributed by atoms with E-state index in [1.807, 2.05) is 12.1 Å². The van der Waals surface area contributed by atoms with E-state index in [1.54, 1.807) is 12.1 Å². The van der Waals surface area contributed by atoms with Crippen LogP contribution in [-0.2, 0) is 4.74 Å². The summed E-state index contributed by atoms with van der Waals surface area (Å²) in [7, 11) is 1.38. The van der Waals surface area contributed by atoms with Crippen LogP contribution >= 0.6 is 0 Å². The van der Waals surface area contributed by atoms with E-state index in [9.17, 15) is 9.90 Å². The van der Waals surface area contributed by atoms with Gasteiger partial charge in [0.25, 0.3) is 0 Å². The van der Waals surface area contributed by atoms with Gasteiger partial charge in [0.05, 0.1) is 19.3 Å². The van der Waals surface area contributed by atoms with E-state index in [1.165, 1.54) is 26.4 Å². The van der Waals surface area contributed by atoms with Crippen LogP contribution in [0.25, 0.3) is 0 Å². The van der Waals surface area contributed by atoms with E-state index in [0.717, 1.165) is 25.1 Å². The molecule has 4 nitrogen and oxygen atoms in total. The summed E-state index contributed by atoms with van der Waals surface area (Å²) in [5.74, 6) is -0.330. The lowest BCUT2D eigenvalue weighted by Gasteiger charge is -2.36. The lowest BCUT2D eigenvalue weighted by Crippen LogP contribution is -2.35. The van der Waals surface area contributed by atoms with Crippen LogP contribution in [0.15, 0.2) is 24.3 Å². The maximum atomic E-state index is 11.5. The van der Waals surface area contributed by atoms with E-state index in [4.69, 9.17) is 4.74 Å². The first-order valence-electron chi connectivity index (χ1n) is 7.22. The molecule has 0 aromatic heterocycles. The van der Waals surface area contributed by atoms with Crippen molar-refractivity contribution in [2.45, 2.75) is 32.1 Å². The van der Waals surface area contributed by atoms with Crippen molar-refractivity contribution in [2.24, 2.45) is 5.41 Å². The van der Waals surface area contributed by atoms with Gasteiger partial charge in [-0.25, -0.2) is 4.79 Å². The van der Waals surface area contributed by atoms with Gasteiger partial charge >= 0.3 is 5.97 Å². The van der Waals surface area contributed by atoms with E-state index in [0.29, 0.717) is 5.56 Å². The number of hydrogen-bond acceptors (Lipinski definition) is 4. The molecule has 2 N–H and O–H groups in total. The third kappa shape index (κ3) is 3.51. The number of hydrogen-bond donors (Lipinski definition) is 2. The van der Waals surface area contributed by atoms with E-state index >= 15 is 0 Å². The van der Waals surface area contributed by atoms with Gasteiger partial charge < -0.3 is 15.2 Å². The fourth-order valence-electron chi connectivity index (χ4n) is 2.86. The van der Waals surface area contributed by atoms with Crippen LogP contribution in [0.2, 0.25) is 0 Å². The van der Waals surface area contributed by atoms with Gasteiger partial charge in [-0.3, -0.25) is 0 Å². The summed E-state index contributed by atoms with van der Waals surface area (Å²) in [4.78, 5) is 11.5. The fraction of sp³-hybridized carbons (Fsp3) is 0.562. The molecule has 0 saturated heterocycles. The van der Waals surface area contributed by atoms with Crippen LogP contribution in [0.3, 0.4) is 0 Å². The lowest BCUT2D eigenvalue weighted by molar-refractivity contribution is 0.0600. The quantitative estimate of drug-likeness (QED) is 0.813. The molecule has 0 aliphatic heterocycles. The highest BCUT2D eigenvalue weighted by atomic mass is 16.5. The number of rotatable bonds is 5. The molecule has 1 aliphatic carbocycles. The molecule has 0 atom stereocenters. The summed E-state index contributed by atoms with van der Waals surface area (Å²) >= 11 is 0. The standard InChI is InChI=1S/C16H23NO3/c1-20-15(19)13-6-5-7-14(10-13)17-11-16(12-18)8-3-2-4-9-16/h5-7,10,17-18H,2-4,8-9,11-12H2,1H3. The summed E-state index contributed by atoms with van der Waals surface area (Å²) in [6, 6.07) is 7.29. The Kier molecular flexibility index (Phi) is 5.01. The van der Waals surface area contributed by atoms with Crippen molar-refractivity contribution < 1.29 is 14.6 Å². The number of methoxy groups -OCH3 is 1. The first kappa shape index (κ1) is 14.9. The number of benzene rings is 1. The molecule has 1 fully saturated rings. The van der Waals surface area contributed by atoms with E-state index in [-0.39, 0.29) is 18.0 Å². The highest BCUT2D eigenvalue weighted by molar-refractivity contribution is 5.90. The number of carbonyl (C=O) groups excluding carboxylic acids is 1. The van der Waals surface area contributed by atoms with Gasteiger partial charge in [-0.1, -0.05) is 25.3 Å². The van der Waals surface area contributed by atoms with Crippen LogP contribution in [0.5, 0.6) is 0 Å². The van der Waals surface area contributed by atoms with Crippen molar-refractivity contribution in [3.63, 3.8) is 0 Å². The first-order chi connectivity index (χ1) is 9.69. The number of aliphatic hydroxyl groups excluding tert-OH is 1. The molecule has 1 aromatic carbocycles. The Bertz CT molecular complexity index is 453. The van der Waals surface area contributed by atoms with Crippen molar-refractivity contribution in [1.82, 2.24) is 0 Å². The minimum atomic E-state index is -0.330. The van der Waals surface area contributed by atoms with Crippen molar-refractivity contribution in [3.8, 4) is 0 Å². The molecule has 110 valence electrons. The zero-order chi connectivity index (χ0) is 14.4. The minimum absolute atomic E-state index is 0.0144. The maximum Gasteiger partial charge on any atom is 0.337 e. The second-order valence-electron chi connectivity index (χ2n) is 5.64. The number of ether oxygens (including phenoxy) is 1. The Labute approximate surface area is 120 Å². The SMILES string of the molecule is COC(=O)c1cccc(NCC2(CO)CCCCC2)c1. The largest absolute Gasteiger partial charge is 0.465 e. The molecule has 1 saturated carbocycles. The van der Waals surface area contributed by atoms with Crippen LogP contribution in [0.1, 0.15) is 42.5 Å². The molecule has 0 radical (unpaired) electrons. The number of nitrogens with one attached hydrogen (secondary N) is 1. The van der Waals surface area contributed by atoms with Crippen LogP contribution in [0, 0.1) is 5.41 Å². The van der Waals surface area contributed by atoms with Crippen LogP contribution < -0.4 is 5.32 Å². The number of carbonyl (C=O) groups is 1. The molecule has 0 heterocycles. The van der Waals surface area contributed by atoms with Crippen molar-refractivity contribution in [2.75, 3.05) is 25.6 Å². The second-order valence-corrected chi connectivity index (χ2v) is 5.64. The molecule has 0 amide bonds. The fourth-order valence-corrected chi connectivity index (χ4v) is 2.86. The molecule has 0 unspecified atom stereocenters. The van der Waals surface area contributed by atoms with Gasteiger partial charge in [0.2, 0.25) is 0 Å². The third-order valence-corrected chi connectivity index (χ3v) is 4.20. The van der Waals surface area contributed by atoms with E-state index in [2.05, 4.69) is 5.32 Å². The average molecular weight is 277 g/mol. The Morgan fingerprint density at radius 1 is 1.35 bits per heavy atom. The highest BCUT2D eigenvalue weighted by Crippen LogP contribution is 2.36. The summed E-state index contributed by atoms with van der Waals surface area (Å²) in [5.41, 5.74) is 1.42. The number of anilines is 1. The molecule has 2 rings (SSSR count). The molecule has 4 heteroatoms. The molecule has 1 aromatic rings. The highest BCUT2D eigenvalue weighted by Gasteiger charge is 2.31. The predicted octanol–water partition coefficient (Wildman–Crippen LogP) is 2.83. The molecule has 1 aliphatic rings. The van der Waals surface area contributed by atoms with E-state index < -0.39 is 0 Å².